The van der Waals surface area contributed by atoms with E-state index in [4.69, 9.17) is 5.73 Å². The summed E-state index contributed by atoms with van der Waals surface area (Å²) in [6.45, 7) is 3.58. The van der Waals surface area contributed by atoms with Crippen LogP contribution in [0, 0.1) is 0 Å². The molecule has 116 valence electrons. The van der Waals surface area contributed by atoms with Crippen LogP contribution >= 0.6 is 0 Å². The van der Waals surface area contributed by atoms with Crippen molar-refractivity contribution in [2.45, 2.75) is 36.7 Å². The molecule has 1 unspecified atom stereocenters. The maximum Gasteiger partial charge on any atom is 0.243 e. The van der Waals surface area contributed by atoms with E-state index in [1.54, 1.807) is 22.5 Å². The number of rotatable bonds is 3. The minimum atomic E-state index is -3.44. The Balaban J connectivity index is 1.90. The zero-order valence-electron chi connectivity index (χ0n) is 12.2. The second-order valence-corrected chi connectivity index (χ2v) is 7.77. The van der Waals surface area contributed by atoms with Crippen molar-refractivity contribution in [1.82, 2.24) is 9.21 Å². The SMILES string of the molecule is NCc1ccccc1S(=O)(=O)N1CCCN2CCCC2C1. The van der Waals surface area contributed by atoms with E-state index in [0.717, 1.165) is 25.9 Å². The topological polar surface area (TPSA) is 66.6 Å². The molecule has 0 saturated carbocycles. The molecule has 0 aliphatic carbocycles. The molecule has 0 spiro atoms. The highest BCUT2D eigenvalue weighted by Crippen LogP contribution is 2.26. The molecule has 5 nitrogen and oxygen atoms in total. The Kier molecular flexibility index (Phi) is 4.31. The summed E-state index contributed by atoms with van der Waals surface area (Å²) in [5.41, 5.74) is 6.40. The quantitative estimate of drug-likeness (QED) is 0.905. The first-order chi connectivity index (χ1) is 10.1. The van der Waals surface area contributed by atoms with Crippen LogP contribution < -0.4 is 5.73 Å². The van der Waals surface area contributed by atoms with Gasteiger partial charge in [-0.25, -0.2) is 8.42 Å². The van der Waals surface area contributed by atoms with Crippen molar-refractivity contribution in [2.75, 3.05) is 26.2 Å². The minimum absolute atomic E-state index is 0.249. The lowest BCUT2D eigenvalue weighted by molar-refractivity contribution is 0.257. The van der Waals surface area contributed by atoms with Gasteiger partial charge < -0.3 is 5.73 Å². The molecule has 0 bridgehead atoms. The van der Waals surface area contributed by atoms with Crippen LogP contribution in [0.25, 0.3) is 0 Å². The largest absolute Gasteiger partial charge is 0.326 e. The number of hydrogen-bond acceptors (Lipinski definition) is 4. The van der Waals surface area contributed by atoms with Crippen molar-refractivity contribution in [3.63, 3.8) is 0 Å². The van der Waals surface area contributed by atoms with E-state index >= 15 is 0 Å². The molecule has 1 atom stereocenters. The Morgan fingerprint density at radius 1 is 1.14 bits per heavy atom. The summed E-state index contributed by atoms with van der Waals surface area (Å²) < 4.78 is 27.6. The van der Waals surface area contributed by atoms with E-state index in [1.165, 1.54) is 6.42 Å². The third-order valence-electron chi connectivity index (χ3n) is 4.58. The van der Waals surface area contributed by atoms with Gasteiger partial charge in [-0.15, -0.1) is 0 Å². The fourth-order valence-electron chi connectivity index (χ4n) is 3.45. The molecular weight excluding hydrogens is 286 g/mol. The van der Waals surface area contributed by atoms with Crippen LogP contribution in [0.5, 0.6) is 0 Å². The van der Waals surface area contributed by atoms with Gasteiger partial charge in [0.15, 0.2) is 0 Å². The molecule has 0 amide bonds. The molecule has 2 heterocycles. The molecule has 2 aliphatic heterocycles. The lowest BCUT2D eigenvalue weighted by Gasteiger charge is -2.25. The Hall–Kier alpha value is -0.950. The number of nitrogens with two attached hydrogens (primary N) is 1. The van der Waals surface area contributed by atoms with Crippen molar-refractivity contribution < 1.29 is 8.42 Å². The highest BCUT2D eigenvalue weighted by molar-refractivity contribution is 7.89. The van der Waals surface area contributed by atoms with E-state index < -0.39 is 10.0 Å². The number of hydrogen-bond donors (Lipinski definition) is 1. The lowest BCUT2D eigenvalue weighted by atomic mass is 10.2. The molecule has 1 aromatic carbocycles. The van der Waals surface area contributed by atoms with Gasteiger partial charge in [0.25, 0.3) is 0 Å². The van der Waals surface area contributed by atoms with Gasteiger partial charge in [-0.2, -0.15) is 4.31 Å². The fraction of sp³-hybridized carbons (Fsp3) is 0.600. The van der Waals surface area contributed by atoms with Crippen LogP contribution in [0.4, 0.5) is 0 Å². The maximum absolute atomic E-state index is 13.0. The van der Waals surface area contributed by atoms with Crippen LogP contribution in [0.3, 0.4) is 0 Å². The summed E-state index contributed by atoms with van der Waals surface area (Å²) in [4.78, 5) is 2.81. The molecule has 21 heavy (non-hydrogen) atoms. The van der Waals surface area contributed by atoms with E-state index in [-0.39, 0.29) is 6.54 Å². The number of benzene rings is 1. The van der Waals surface area contributed by atoms with Gasteiger partial charge >= 0.3 is 0 Å². The van der Waals surface area contributed by atoms with Gasteiger partial charge in [0.2, 0.25) is 10.0 Å². The Bertz CT molecular complexity index is 603. The second kappa shape index (κ2) is 6.04. The average Bonchev–Trinajstić information content (AvgIpc) is 2.83. The van der Waals surface area contributed by atoms with E-state index in [0.29, 0.717) is 29.6 Å². The Labute approximate surface area is 126 Å². The lowest BCUT2D eigenvalue weighted by Crippen LogP contribution is -2.39. The number of nitrogens with zero attached hydrogens (tertiary/aromatic N) is 2. The molecule has 2 saturated heterocycles. The van der Waals surface area contributed by atoms with Gasteiger partial charge in [-0.3, -0.25) is 4.90 Å². The highest BCUT2D eigenvalue weighted by Gasteiger charge is 2.34. The fourth-order valence-corrected chi connectivity index (χ4v) is 5.20. The van der Waals surface area contributed by atoms with Crippen LogP contribution in [0.2, 0.25) is 0 Å². The van der Waals surface area contributed by atoms with E-state index in [1.807, 2.05) is 6.07 Å². The van der Waals surface area contributed by atoms with E-state index in [2.05, 4.69) is 4.90 Å². The number of fused-ring (bicyclic) bond motifs is 1. The highest BCUT2D eigenvalue weighted by atomic mass is 32.2. The summed E-state index contributed by atoms with van der Waals surface area (Å²) in [5.74, 6) is 0. The van der Waals surface area contributed by atoms with E-state index in [9.17, 15) is 8.42 Å². The average molecular weight is 309 g/mol. The zero-order chi connectivity index (χ0) is 14.9. The van der Waals surface area contributed by atoms with Crippen molar-refractivity contribution in [2.24, 2.45) is 5.73 Å². The smallest absolute Gasteiger partial charge is 0.243 e. The zero-order valence-corrected chi connectivity index (χ0v) is 13.1. The summed E-state index contributed by atoms with van der Waals surface area (Å²) in [6, 6.07) is 7.46. The second-order valence-electron chi connectivity index (χ2n) is 5.86. The van der Waals surface area contributed by atoms with Crippen LogP contribution in [-0.4, -0.2) is 49.8 Å². The molecule has 3 rings (SSSR count). The first-order valence-corrected chi connectivity index (χ1v) is 9.09. The molecule has 2 aliphatic rings. The summed E-state index contributed by atoms with van der Waals surface area (Å²) in [7, 11) is -3.44. The third-order valence-corrected chi connectivity index (χ3v) is 6.54. The van der Waals surface area contributed by atoms with Crippen molar-refractivity contribution >= 4 is 10.0 Å². The first-order valence-electron chi connectivity index (χ1n) is 7.65. The molecule has 2 fully saturated rings. The molecule has 6 heteroatoms. The summed E-state index contributed by atoms with van der Waals surface area (Å²) in [6.07, 6.45) is 3.18. The molecular formula is C15H23N3O2S. The predicted octanol–water partition coefficient (Wildman–Crippen LogP) is 1.00. The molecule has 1 aromatic rings. The molecule has 2 N–H and O–H groups in total. The van der Waals surface area contributed by atoms with Gasteiger partial charge in [0.1, 0.15) is 0 Å². The monoisotopic (exact) mass is 309 g/mol. The van der Waals surface area contributed by atoms with Crippen LogP contribution in [0.1, 0.15) is 24.8 Å². The minimum Gasteiger partial charge on any atom is -0.326 e. The summed E-state index contributed by atoms with van der Waals surface area (Å²) >= 11 is 0. The molecule has 0 radical (unpaired) electrons. The van der Waals surface area contributed by atoms with Gasteiger partial charge in [0.05, 0.1) is 4.90 Å². The van der Waals surface area contributed by atoms with Gasteiger partial charge in [-0.05, 0) is 44.0 Å². The first kappa shape index (κ1) is 15.0. The van der Waals surface area contributed by atoms with Gasteiger partial charge in [-0.1, -0.05) is 18.2 Å². The molecule has 0 aromatic heterocycles. The van der Waals surface area contributed by atoms with Crippen LogP contribution in [-0.2, 0) is 16.6 Å². The van der Waals surface area contributed by atoms with Crippen molar-refractivity contribution in [3.05, 3.63) is 29.8 Å². The Morgan fingerprint density at radius 3 is 2.71 bits per heavy atom. The number of sulfonamides is 1. The standard InChI is InChI=1S/C15H23N3O2S/c16-11-13-5-1-2-7-15(13)21(19,20)18-10-4-9-17-8-3-6-14(17)12-18/h1-2,5,7,14H,3-4,6,8-12,16H2. The maximum atomic E-state index is 13.0. The van der Waals surface area contributed by atoms with Crippen molar-refractivity contribution in [3.8, 4) is 0 Å². The summed E-state index contributed by atoms with van der Waals surface area (Å²) in [5, 5.41) is 0. The normalized spacial score (nSPS) is 24.7. The van der Waals surface area contributed by atoms with Crippen molar-refractivity contribution in [1.29, 1.82) is 0 Å². The third kappa shape index (κ3) is 2.85. The Morgan fingerprint density at radius 2 is 1.90 bits per heavy atom. The van der Waals surface area contributed by atoms with Crippen LogP contribution in [0.15, 0.2) is 29.2 Å². The van der Waals surface area contributed by atoms with Gasteiger partial charge in [0, 0.05) is 25.7 Å². The predicted molar refractivity (Wildman–Crippen MR) is 82.3 cm³/mol.